The Morgan fingerprint density at radius 2 is 0.653 bits per heavy atom. The Kier molecular flexibility index (Phi) is 9.45. The Balaban J connectivity index is 0.850. The van der Waals surface area contributed by atoms with E-state index in [9.17, 15) is 0 Å². The average molecular weight is 962 g/mol. The van der Waals surface area contributed by atoms with E-state index in [1.807, 2.05) is 0 Å². The zero-order valence-corrected chi connectivity index (χ0v) is 42.0. The van der Waals surface area contributed by atoms with Gasteiger partial charge in [0.1, 0.15) is 0 Å². The van der Waals surface area contributed by atoms with Gasteiger partial charge in [-0.1, -0.05) is 147 Å². The first-order valence-corrected chi connectivity index (χ1v) is 26.0. The largest absolute Gasteiger partial charge is 0.344 e. The lowest BCUT2D eigenvalue weighted by Gasteiger charge is -2.28. The van der Waals surface area contributed by atoms with Crippen LogP contribution in [0.3, 0.4) is 0 Å². The Morgan fingerprint density at radius 3 is 1.16 bits per heavy atom. The summed E-state index contributed by atoms with van der Waals surface area (Å²) in [5.41, 5.74) is 21.2. The molecule has 11 aromatic carbocycles. The van der Waals surface area contributed by atoms with Gasteiger partial charge in [-0.15, -0.1) is 0 Å². The van der Waals surface area contributed by atoms with E-state index in [0.29, 0.717) is 0 Å². The van der Waals surface area contributed by atoms with Crippen LogP contribution in [0.5, 0.6) is 0 Å². The number of hydrogen-bond acceptors (Lipinski definition) is 2. The van der Waals surface area contributed by atoms with E-state index in [1.165, 1.54) is 87.7 Å². The molecule has 3 heterocycles. The summed E-state index contributed by atoms with van der Waals surface area (Å²) in [5, 5.41) is 7.47. The van der Waals surface area contributed by atoms with Gasteiger partial charge >= 0.3 is 0 Å². The van der Waals surface area contributed by atoms with Gasteiger partial charge in [-0.3, -0.25) is 0 Å². The van der Waals surface area contributed by atoms with E-state index in [1.54, 1.807) is 0 Å². The van der Waals surface area contributed by atoms with Crippen molar-refractivity contribution in [3.8, 4) is 22.5 Å². The average Bonchev–Trinajstić information content (AvgIpc) is 4.17. The van der Waals surface area contributed by atoms with Gasteiger partial charge in [-0.2, -0.15) is 0 Å². The highest BCUT2D eigenvalue weighted by molar-refractivity contribution is 6.14. The van der Waals surface area contributed by atoms with Gasteiger partial charge in [-0.05, 0) is 144 Å². The number of benzene rings is 11. The second kappa shape index (κ2) is 16.5. The van der Waals surface area contributed by atoms with Crippen molar-refractivity contribution in [1.29, 1.82) is 0 Å². The summed E-state index contributed by atoms with van der Waals surface area (Å²) < 4.78 is 7.21. The Morgan fingerprint density at radius 1 is 0.280 bits per heavy atom. The molecule has 0 atom stereocenters. The van der Waals surface area contributed by atoms with E-state index >= 15 is 0 Å². The maximum atomic E-state index is 2.47. The molecular formula is C70H51N5. The van der Waals surface area contributed by atoms with Gasteiger partial charge < -0.3 is 23.5 Å². The van der Waals surface area contributed by atoms with Gasteiger partial charge in [0.25, 0.3) is 0 Å². The summed E-state index contributed by atoms with van der Waals surface area (Å²) in [5.74, 6) is 0. The van der Waals surface area contributed by atoms with Crippen LogP contribution in [0.2, 0.25) is 0 Å². The van der Waals surface area contributed by atoms with E-state index in [-0.39, 0.29) is 5.41 Å². The summed E-state index contributed by atoms with van der Waals surface area (Å²) in [7, 11) is 2.23. The van der Waals surface area contributed by atoms with Crippen molar-refractivity contribution < 1.29 is 0 Å². The van der Waals surface area contributed by atoms with E-state index in [2.05, 4.69) is 299 Å². The van der Waals surface area contributed by atoms with Gasteiger partial charge in [0.05, 0.1) is 27.6 Å². The smallest absolute Gasteiger partial charge is 0.0561 e. The molecule has 0 fully saturated rings. The molecule has 0 unspecified atom stereocenters. The lowest BCUT2D eigenvalue weighted by Crippen LogP contribution is -2.16. The van der Waals surface area contributed by atoms with Crippen LogP contribution in [0.1, 0.15) is 25.0 Å². The predicted octanol–water partition coefficient (Wildman–Crippen LogP) is 18.8. The lowest BCUT2D eigenvalue weighted by molar-refractivity contribution is 0.661. The SMILES string of the molecule is Cn1c2cc(N(c3ccccc3)c3ccc4c5ccccc5n(-c5ccccc5)c4c3)ccc2c2cc3c(cc21)C(C)(C)c1cc(N(c2ccccc2)c2ccc4c5ccccc5n(-c5ccccc5)c4c2)ccc1-3. The Labute approximate surface area is 435 Å². The van der Waals surface area contributed by atoms with Crippen LogP contribution in [0, 0.1) is 0 Å². The van der Waals surface area contributed by atoms with E-state index in [0.717, 1.165) is 45.5 Å². The molecule has 0 N–H and O–H groups in total. The van der Waals surface area contributed by atoms with Crippen LogP contribution >= 0.6 is 0 Å². The number of nitrogens with zero attached hydrogens (tertiary/aromatic N) is 5. The number of aromatic nitrogens is 3. The van der Waals surface area contributed by atoms with Crippen molar-refractivity contribution >= 4 is 99.5 Å². The third-order valence-corrected chi connectivity index (χ3v) is 16.2. The Bertz CT molecular complexity index is 4560. The van der Waals surface area contributed by atoms with E-state index in [4.69, 9.17) is 0 Å². The van der Waals surface area contributed by atoms with Gasteiger partial charge in [0.15, 0.2) is 0 Å². The molecule has 0 spiro atoms. The third-order valence-electron chi connectivity index (χ3n) is 16.2. The van der Waals surface area contributed by atoms with Crippen LogP contribution < -0.4 is 9.80 Å². The molecule has 0 aliphatic heterocycles. The zero-order chi connectivity index (χ0) is 49.9. The summed E-state index contributed by atoms with van der Waals surface area (Å²) >= 11 is 0. The minimum Gasteiger partial charge on any atom is -0.344 e. The highest BCUT2D eigenvalue weighted by Gasteiger charge is 2.37. The topological polar surface area (TPSA) is 21.3 Å². The van der Waals surface area contributed by atoms with Crippen molar-refractivity contribution in [1.82, 2.24) is 13.7 Å². The minimum absolute atomic E-state index is 0.256. The molecule has 15 rings (SSSR count). The molecular weight excluding hydrogens is 911 g/mol. The first-order chi connectivity index (χ1) is 36.9. The third kappa shape index (κ3) is 6.51. The van der Waals surface area contributed by atoms with Crippen molar-refractivity contribution in [2.75, 3.05) is 9.80 Å². The number of para-hydroxylation sites is 6. The summed E-state index contributed by atoms with van der Waals surface area (Å²) in [4.78, 5) is 4.83. The number of aryl methyl sites for hydroxylation is 1. The van der Waals surface area contributed by atoms with Crippen LogP contribution in [0.4, 0.5) is 34.1 Å². The molecule has 0 amide bonds. The first-order valence-electron chi connectivity index (χ1n) is 26.0. The molecule has 3 aromatic heterocycles. The molecule has 75 heavy (non-hydrogen) atoms. The van der Waals surface area contributed by atoms with Crippen LogP contribution in [-0.2, 0) is 12.5 Å². The molecule has 1 aliphatic carbocycles. The second-order valence-electron chi connectivity index (χ2n) is 20.7. The summed E-state index contributed by atoms with van der Waals surface area (Å²) in [6, 6.07) is 93.5. The molecule has 1 aliphatic rings. The van der Waals surface area contributed by atoms with Crippen molar-refractivity contribution in [3.63, 3.8) is 0 Å². The van der Waals surface area contributed by atoms with Gasteiger partial charge in [0, 0.05) is 95.8 Å². The summed E-state index contributed by atoms with van der Waals surface area (Å²) in [6.07, 6.45) is 0. The van der Waals surface area contributed by atoms with Crippen molar-refractivity contribution in [2.24, 2.45) is 7.05 Å². The fraction of sp³-hybridized carbons (Fsp3) is 0.0571. The minimum atomic E-state index is -0.256. The summed E-state index contributed by atoms with van der Waals surface area (Å²) in [6.45, 7) is 4.80. The standard InChI is InChI=1S/C70H51N5/c1-70(2)62-40-50(72(46-20-8-4-9-21-46)52-33-37-57-55-28-16-18-30-64(55)74(68(57)42-52)48-24-12-6-13-25-48)32-36-54(62)60-44-61-59-39-35-51(41-66(59)71(3)67(61)45-63(60)70)73(47-22-10-5-11-23-47)53-34-38-58-56-29-17-19-31-65(56)75(69(58)43-53)49-26-14-7-15-27-49/h4-45H,1-3H3. The molecule has 0 radical (unpaired) electrons. The monoisotopic (exact) mass is 961 g/mol. The second-order valence-corrected chi connectivity index (χ2v) is 20.7. The fourth-order valence-electron chi connectivity index (χ4n) is 12.6. The highest BCUT2D eigenvalue weighted by atomic mass is 15.2. The lowest BCUT2D eigenvalue weighted by atomic mass is 9.82. The van der Waals surface area contributed by atoms with Crippen LogP contribution in [0.25, 0.3) is 87.9 Å². The molecule has 5 heteroatoms. The first kappa shape index (κ1) is 43.0. The molecule has 356 valence electrons. The molecule has 0 bridgehead atoms. The molecule has 5 nitrogen and oxygen atoms in total. The van der Waals surface area contributed by atoms with Gasteiger partial charge in [0.2, 0.25) is 0 Å². The number of fused-ring (bicyclic) bond motifs is 12. The normalized spacial score (nSPS) is 12.8. The number of hydrogen-bond donors (Lipinski definition) is 0. The fourth-order valence-corrected chi connectivity index (χ4v) is 12.6. The Hall–Kier alpha value is -9.58. The van der Waals surface area contributed by atoms with Crippen molar-refractivity contribution in [3.05, 3.63) is 266 Å². The molecule has 0 saturated heterocycles. The highest BCUT2D eigenvalue weighted by Crippen LogP contribution is 2.53. The van der Waals surface area contributed by atoms with Crippen molar-refractivity contribution in [2.45, 2.75) is 19.3 Å². The zero-order valence-electron chi connectivity index (χ0n) is 42.0. The van der Waals surface area contributed by atoms with Crippen LogP contribution in [0.15, 0.2) is 255 Å². The number of rotatable bonds is 8. The molecule has 14 aromatic rings. The maximum absolute atomic E-state index is 2.47. The van der Waals surface area contributed by atoms with Crippen LogP contribution in [-0.4, -0.2) is 13.7 Å². The van der Waals surface area contributed by atoms with Gasteiger partial charge in [-0.25, -0.2) is 0 Å². The quantitative estimate of drug-likeness (QED) is 0.151. The maximum Gasteiger partial charge on any atom is 0.0561 e. The predicted molar refractivity (Wildman–Crippen MR) is 316 cm³/mol. The van der Waals surface area contributed by atoms with E-state index < -0.39 is 0 Å². The molecule has 0 saturated carbocycles. The number of anilines is 6.